The fourth-order valence-corrected chi connectivity index (χ4v) is 1.91. The first kappa shape index (κ1) is 11.5. The summed E-state index contributed by atoms with van der Waals surface area (Å²) in [7, 11) is 0. The molecule has 1 aliphatic heterocycles. The van der Waals surface area contributed by atoms with E-state index in [1.54, 1.807) is 12.1 Å². The third kappa shape index (κ3) is 2.39. The van der Waals surface area contributed by atoms with Gasteiger partial charge in [0.25, 0.3) is 6.43 Å². The fourth-order valence-electron chi connectivity index (χ4n) is 1.91. The molecular weight excluding hydrogens is 214 g/mol. The quantitative estimate of drug-likeness (QED) is 0.861. The van der Waals surface area contributed by atoms with Crippen LogP contribution in [-0.4, -0.2) is 18.3 Å². The summed E-state index contributed by atoms with van der Waals surface area (Å²) in [5, 5.41) is 9.98. The molecule has 0 aromatic heterocycles. The number of hydrogen-bond acceptors (Lipinski definition) is 2. The Morgan fingerprint density at radius 2 is 1.81 bits per heavy atom. The zero-order valence-corrected chi connectivity index (χ0v) is 8.77. The van der Waals surface area contributed by atoms with E-state index in [4.69, 9.17) is 4.74 Å². The SMILES string of the molecule is OC(c1ccc(C(F)F)cc1)C1CCOC1. The molecular formula is C12H14F2O2. The number of rotatable bonds is 3. The first-order valence-electron chi connectivity index (χ1n) is 5.32. The van der Waals surface area contributed by atoms with Gasteiger partial charge in [-0.25, -0.2) is 8.78 Å². The van der Waals surface area contributed by atoms with E-state index >= 15 is 0 Å². The third-order valence-corrected chi connectivity index (χ3v) is 2.94. The Bertz CT molecular complexity index is 331. The van der Waals surface area contributed by atoms with Crippen LogP contribution in [0.2, 0.25) is 0 Å². The molecule has 16 heavy (non-hydrogen) atoms. The van der Waals surface area contributed by atoms with E-state index in [-0.39, 0.29) is 11.5 Å². The number of halogens is 2. The highest BCUT2D eigenvalue weighted by molar-refractivity contribution is 5.25. The second-order valence-electron chi connectivity index (χ2n) is 4.04. The lowest BCUT2D eigenvalue weighted by molar-refractivity contribution is 0.0916. The summed E-state index contributed by atoms with van der Waals surface area (Å²) in [6, 6.07) is 5.84. The molecule has 1 N–H and O–H groups in total. The van der Waals surface area contributed by atoms with Crippen molar-refractivity contribution in [2.24, 2.45) is 5.92 Å². The molecule has 4 heteroatoms. The van der Waals surface area contributed by atoms with Gasteiger partial charge in [0.05, 0.1) is 12.7 Å². The summed E-state index contributed by atoms with van der Waals surface area (Å²) in [6.07, 6.45) is -2.26. The smallest absolute Gasteiger partial charge is 0.263 e. The average molecular weight is 228 g/mol. The van der Waals surface area contributed by atoms with E-state index in [1.165, 1.54) is 12.1 Å². The van der Waals surface area contributed by atoms with Crippen LogP contribution in [0, 0.1) is 5.92 Å². The minimum atomic E-state index is -2.46. The molecule has 0 saturated carbocycles. The molecule has 0 spiro atoms. The molecule has 1 aromatic carbocycles. The minimum absolute atomic E-state index is 0.0152. The Labute approximate surface area is 92.9 Å². The first-order valence-corrected chi connectivity index (χ1v) is 5.32. The predicted octanol–water partition coefficient (Wildman–Crippen LogP) is 2.69. The van der Waals surface area contributed by atoms with E-state index in [2.05, 4.69) is 0 Å². The Morgan fingerprint density at radius 1 is 1.19 bits per heavy atom. The van der Waals surface area contributed by atoms with Crippen LogP contribution in [0.5, 0.6) is 0 Å². The molecule has 1 fully saturated rings. The molecule has 1 saturated heterocycles. The van der Waals surface area contributed by atoms with E-state index in [9.17, 15) is 13.9 Å². The number of ether oxygens (including phenoxy) is 1. The highest BCUT2D eigenvalue weighted by Crippen LogP contribution is 2.29. The van der Waals surface area contributed by atoms with Gasteiger partial charge in [-0.15, -0.1) is 0 Å². The molecule has 1 heterocycles. The number of benzene rings is 1. The van der Waals surface area contributed by atoms with Crippen LogP contribution in [0.25, 0.3) is 0 Å². The van der Waals surface area contributed by atoms with Crippen molar-refractivity contribution < 1.29 is 18.6 Å². The van der Waals surface area contributed by atoms with Crippen molar-refractivity contribution in [2.45, 2.75) is 19.0 Å². The molecule has 2 rings (SSSR count). The van der Waals surface area contributed by atoms with Gasteiger partial charge < -0.3 is 9.84 Å². The Balaban J connectivity index is 2.08. The zero-order valence-electron chi connectivity index (χ0n) is 8.77. The number of aliphatic hydroxyl groups excluding tert-OH is 1. The van der Waals surface area contributed by atoms with Gasteiger partial charge in [0.1, 0.15) is 0 Å². The molecule has 0 amide bonds. The Morgan fingerprint density at radius 3 is 2.31 bits per heavy atom. The summed E-state index contributed by atoms with van der Waals surface area (Å²) >= 11 is 0. The first-order chi connectivity index (χ1) is 7.68. The largest absolute Gasteiger partial charge is 0.388 e. The second-order valence-corrected chi connectivity index (χ2v) is 4.04. The monoisotopic (exact) mass is 228 g/mol. The number of hydrogen-bond donors (Lipinski definition) is 1. The fraction of sp³-hybridized carbons (Fsp3) is 0.500. The minimum Gasteiger partial charge on any atom is -0.388 e. The molecule has 1 aliphatic rings. The lowest BCUT2D eigenvalue weighted by atomic mass is 9.94. The normalized spacial score (nSPS) is 22.6. The van der Waals surface area contributed by atoms with Crippen LogP contribution in [0.1, 0.15) is 30.1 Å². The van der Waals surface area contributed by atoms with Gasteiger partial charge in [0.2, 0.25) is 0 Å². The van der Waals surface area contributed by atoms with Crippen molar-refractivity contribution in [1.29, 1.82) is 0 Å². The van der Waals surface area contributed by atoms with E-state index in [0.717, 1.165) is 6.42 Å². The summed E-state index contributed by atoms with van der Waals surface area (Å²) in [4.78, 5) is 0. The predicted molar refractivity (Wildman–Crippen MR) is 55.3 cm³/mol. The van der Waals surface area contributed by atoms with E-state index < -0.39 is 12.5 Å². The lowest BCUT2D eigenvalue weighted by Gasteiger charge is -2.16. The topological polar surface area (TPSA) is 29.5 Å². The molecule has 0 aliphatic carbocycles. The van der Waals surface area contributed by atoms with Crippen LogP contribution in [0.4, 0.5) is 8.78 Å². The zero-order chi connectivity index (χ0) is 11.5. The molecule has 2 nitrogen and oxygen atoms in total. The highest BCUT2D eigenvalue weighted by Gasteiger charge is 2.25. The Hall–Kier alpha value is -1.00. The van der Waals surface area contributed by atoms with Gasteiger partial charge in [0.15, 0.2) is 0 Å². The molecule has 2 unspecified atom stereocenters. The van der Waals surface area contributed by atoms with Crippen molar-refractivity contribution in [3.63, 3.8) is 0 Å². The number of alkyl halides is 2. The summed E-state index contributed by atoms with van der Waals surface area (Å²) in [6.45, 7) is 1.20. The van der Waals surface area contributed by atoms with Gasteiger partial charge in [0, 0.05) is 18.1 Å². The van der Waals surface area contributed by atoms with E-state index in [0.29, 0.717) is 18.8 Å². The van der Waals surface area contributed by atoms with Crippen LogP contribution in [0.15, 0.2) is 24.3 Å². The summed E-state index contributed by atoms with van der Waals surface area (Å²) in [5.74, 6) is 0.0809. The van der Waals surface area contributed by atoms with Crippen molar-refractivity contribution in [3.8, 4) is 0 Å². The van der Waals surface area contributed by atoms with Crippen LogP contribution in [-0.2, 0) is 4.74 Å². The summed E-state index contributed by atoms with van der Waals surface area (Å²) in [5.41, 5.74) is 0.665. The standard InChI is InChI=1S/C12H14F2O2/c13-12(14)9-3-1-8(2-4-9)11(15)10-5-6-16-7-10/h1-4,10-12,15H,5-7H2. The van der Waals surface area contributed by atoms with Crippen LogP contribution in [0.3, 0.4) is 0 Å². The molecule has 0 radical (unpaired) electrons. The lowest BCUT2D eigenvalue weighted by Crippen LogP contribution is -2.12. The molecule has 1 aromatic rings. The maximum atomic E-state index is 12.3. The van der Waals surface area contributed by atoms with Gasteiger partial charge in [-0.3, -0.25) is 0 Å². The van der Waals surface area contributed by atoms with Crippen molar-refractivity contribution in [2.75, 3.05) is 13.2 Å². The second kappa shape index (κ2) is 4.89. The maximum Gasteiger partial charge on any atom is 0.263 e. The van der Waals surface area contributed by atoms with Gasteiger partial charge in [-0.1, -0.05) is 24.3 Å². The maximum absolute atomic E-state index is 12.3. The third-order valence-electron chi connectivity index (χ3n) is 2.94. The molecule has 88 valence electrons. The van der Waals surface area contributed by atoms with Crippen molar-refractivity contribution >= 4 is 0 Å². The highest BCUT2D eigenvalue weighted by atomic mass is 19.3. The summed E-state index contributed by atoms with van der Waals surface area (Å²) < 4.78 is 29.8. The van der Waals surface area contributed by atoms with Gasteiger partial charge >= 0.3 is 0 Å². The van der Waals surface area contributed by atoms with Gasteiger partial charge in [-0.05, 0) is 12.0 Å². The van der Waals surface area contributed by atoms with Crippen LogP contribution >= 0.6 is 0 Å². The van der Waals surface area contributed by atoms with E-state index in [1.807, 2.05) is 0 Å². The van der Waals surface area contributed by atoms with Crippen LogP contribution < -0.4 is 0 Å². The number of aliphatic hydroxyl groups is 1. The average Bonchev–Trinajstić information content (AvgIpc) is 2.81. The van der Waals surface area contributed by atoms with Crippen molar-refractivity contribution in [3.05, 3.63) is 35.4 Å². The molecule has 2 atom stereocenters. The molecule has 0 bridgehead atoms. The Kier molecular flexibility index (Phi) is 3.51. The van der Waals surface area contributed by atoms with Gasteiger partial charge in [-0.2, -0.15) is 0 Å². The van der Waals surface area contributed by atoms with Crippen molar-refractivity contribution in [1.82, 2.24) is 0 Å².